The summed E-state index contributed by atoms with van der Waals surface area (Å²) in [5, 5.41) is 21.8. The summed E-state index contributed by atoms with van der Waals surface area (Å²) >= 11 is 0. The minimum absolute atomic E-state index is 0.0687. The number of nitro benzene ring substituents is 1. The van der Waals surface area contributed by atoms with Crippen LogP contribution in [0.5, 0.6) is 0 Å². The second-order valence-corrected chi connectivity index (χ2v) is 3.74. The number of esters is 1. The first-order chi connectivity index (χ1) is 9.97. The van der Waals surface area contributed by atoms with Gasteiger partial charge >= 0.3 is 5.97 Å². The van der Waals surface area contributed by atoms with Crippen LogP contribution in [0.1, 0.15) is 5.56 Å². The second kappa shape index (κ2) is 7.56. The Bertz CT molecular complexity index is 608. The van der Waals surface area contributed by atoms with Crippen LogP contribution in [-0.4, -0.2) is 37.1 Å². The largest absolute Gasteiger partial charge is 0.454 e. The van der Waals surface area contributed by atoms with Gasteiger partial charge in [-0.05, 0) is 6.07 Å². The van der Waals surface area contributed by atoms with E-state index in [9.17, 15) is 19.7 Å². The zero-order chi connectivity index (χ0) is 15.8. The fourth-order valence-corrected chi connectivity index (χ4v) is 1.34. The van der Waals surface area contributed by atoms with Crippen LogP contribution in [0.2, 0.25) is 0 Å². The highest BCUT2D eigenvalue weighted by atomic mass is 16.6. The van der Waals surface area contributed by atoms with Gasteiger partial charge in [0.15, 0.2) is 6.61 Å². The molecule has 0 saturated carbocycles. The van der Waals surface area contributed by atoms with Crippen molar-refractivity contribution in [2.24, 2.45) is 0 Å². The van der Waals surface area contributed by atoms with Gasteiger partial charge in [0.05, 0.1) is 16.2 Å². The summed E-state index contributed by atoms with van der Waals surface area (Å²) in [5.41, 5.74) is -0.243. The number of nitro groups is 1. The highest BCUT2D eigenvalue weighted by Crippen LogP contribution is 2.21. The van der Waals surface area contributed by atoms with E-state index in [0.29, 0.717) is 0 Å². The molecule has 9 heteroatoms. The lowest BCUT2D eigenvalue weighted by molar-refractivity contribution is -0.384. The molecule has 0 spiro atoms. The second-order valence-electron chi connectivity index (χ2n) is 3.74. The SMILES string of the molecule is COCC(=O)OCC(=O)Nc1ccc([N+](=O)[O-])cc1C#N. The minimum atomic E-state index is -0.711. The van der Waals surface area contributed by atoms with E-state index in [1.54, 1.807) is 6.07 Å². The first kappa shape index (κ1) is 16.1. The standard InChI is InChI=1S/C12H11N3O6/c1-20-7-12(17)21-6-11(16)14-10-3-2-9(15(18)19)4-8(10)5-13/h2-4H,6-7H2,1H3,(H,14,16). The smallest absolute Gasteiger partial charge is 0.332 e. The van der Waals surface area contributed by atoms with Gasteiger partial charge in [-0.15, -0.1) is 0 Å². The summed E-state index contributed by atoms with van der Waals surface area (Å²) < 4.78 is 9.10. The number of anilines is 1. The normalized spacial score (nSPS) is 9.52. The number of amides is 1. The van der Waals surface area contributed by atoms with Gasteiger partial charge in [0.25, 0.3) is 11.6 Å². The van der Waals surface area contributed by atoms with Crippen molar-refractivity contribution in [1.29, 1.82) is 5.26 Å². The van der Waals surface area contributed by atoms with Gasteiger partial charge in [-0.2, -0.15) is 5.26 Å². The van der Waals surface area contributed by atoms with Crippen molar-refractivity contribution in [2.45, 2.75) is 0 Å². The predicted molar refractivity (Wildman–Crippen MR) is 69.3 cm³/mol. The number of nitrogens with zero attached hydrogens (tertiary/aromatic N) is 2. The van der Waals surface area contributed by atoms with E-state index in [1.165, 1.54) is 13.2 Å². The first-order valence-corrected chi connectivity index (χ1v) is 5.61. The van der Waals surface area contributed by atoms with Gasteiger partial charge in [0.2, 0.25) is 0 Å². The molecule has 0 fully saturated rings. The molecular formula is C12H11N3O6. The number of carbonyl (C=O) groups is 2. The molecule has 1 aromatic carbocycles. The molecule has 110 valence electrons. The predicted octanol–water partition coefficient (Wildman–Crippen LogP) is 0.595. The summed E-state index contributed by atoms with van der Waals surface area (Å²) in [5.74, 6) is -1.39. The highest BCUT2D eigenvalue weighted by molar-refractivity contribution is 5.94. The summed E-state index contributed by atoms with van der Waals surface area (Å²) in [6.45, 7) is -0.835. The summed E-state index contributed by atoms with van der Waals surface area (Å²) in [6.07, 6.45) is 0. The van der Waals surface area contributed by atoms with Gasteiger partial charge in [-0.1, -0.05) is 0 Å². The molecule has 0 bridgehead atoms. The van der Waals surface area contributed by atoms with E-state index < -0.39 is 23.4 Å². The number of rotatable bonds is 6. The van der Waals surface area contributed by atoms with Crippen molar-refractivity contribution in [2.75, 3.05) is 25.6 Å². The number of benzene rings is 1. The summed E-state index contributed by atoms with van der Waals surface area (Å²) in [7, 11) is 1.30. The monoisotopic (exact) mass is 293 g/mol. The van der Waals surface area contributed by atoms with Gasteiger partial charge in [0, 0.05) is 19.2 Å². The Morgan fingerprint density at radius 2 is 2.14 bits per heavy atom. The molecule has 1 amide bonds. The topological polar surface area (TPSA) is 132 Å². The first-order valence-electron chi connectivity index (χ1n) is 5.61. The van der Waals surface area contributed by atoms with Crippen LogP contribution >= 0.6 is 0 Å². The van der Waals surface area contributed by atoms with Crippen molar-refractivity contribution in [3.8, 4) is 6.07 Å². The lowest BCUT2D eigenvalue weighted by atomic mass is 10.1. The Hall–Kier alpha value is -2.99. The number of ether oxygens (including phenoxy) is 2. The lowest BCUT2D eigenvalue weighted by Gasteiger charge is -2.07. The number of hydrogen-bond donors (Lipinski definition) is 1. The molecule has 9 nitrogen and oxygen atoms in total. The van der Waals surface area contributed by atoms with Crippen LogP contribution in [0.25, 0.3) is 0 Å². The molecule has 21 heavy (non-hydrogen) atoms. The molecule has 1 N–H and O–H groups in total. The molecular weight excluding hydrogens is 282 g/mol. The average molecular weight is 293 g/mol. The molecule has 0 atom stereocenters. The van der Waals surface area contributed by atoms with E-state index in [-0.39, 0.29) is 23.5 Å². The van der Waals surface area contributed by atoms with E-state index >= 15 is 0 Å². The average Bonchev–Trinajstić information content (AvgIpc) is 2.45. The van der Waals surface area contributed by atoms with E-state index in [1.807, 2.05) is 0 Å². The van der Waals surface area contributed by atoms with E-state index in [4.69, 9.17) is 5.26 Å². The molecule has 0 aromatic heterocycles. The molecule has 1 rings (SSSR count). The number of nitrogens with one attached hydrogen (secondary N) is 1. The van der Waals surface area contributed by atoms with Crippen LogP contribution in [0, 0.1) is 21.4 Å². The molecule has 0 aliphatic rings. The summed E-state index contributed by atoms with van der Waals surface area (Å²) in [6, 6.07) is 5.14. The Morgan fingerprint density at radius 1 is 1.43 bits per heavy atom. The Balaban J connectivity index is 2.70. The van der Waals surface area contributed by atoms with Crippen molar-refractivity contribution in [3.63, 3.8) is 0 Å². The third-order valence-corrected chi connectivity index (χ3v) is 2.23. The van der Waals surface area contributed by atoms with E-state index in [2.05, 4.69) is 14.8 Å². The van der Waals surface area contributed by atoms with Gasteiger partial charge in [0.1, 0.15) is 12.7 Å². The molecule has 0 unspecified atom stereocenters. The lowest BCUT2D eigenvalue weighted by Crippen LogP contribution is -2.23. The molecule has 1 aromatic rings. The molecule has 0 radical (unpaired) electrons. The maximum Gasteiger partial charge on any atom is 0.332 e. The van der Waals surface area contributed by atoms with Crippen molar-refractivity contribution >= 4 is 23.3 Å². The highest BCUT2D eigenvalue weighted by Gasteiger charge is 2.13. The maximum atomic E-state index is 11.5. The van der Waals surface area contributed by atoms with Crippen LogP contribution in [0.3, 0.4) is 0 Å². The van der Waals surface area contributed by atoms with Crippen molar-refractivity contribution in [1.82, 2.24) is 0 Å². The summed E-state index contributed by atoms with van der Waals surface area (Å²) in [4.78, 5) is 32.5. The molecule has 0 heterocycles. The zero-order valence-corrected chi connectivity index (χ0v) is 11.0. The zero-order valence-electron chi connectivity index (χ0n) is 11.0. The van der Waals surface area contributed by atoms with Gasteiger partial charge in [-0.3, -0.25) is 14.9 Å². The Labute approximate surface area is 119 Å². The Morgan fingerprint density at radius 3 is 2.71 bits per heavy atom. The van der Waals surface area contributed by atoms with Crippen molar-refractivity contribution in [3.05, 3.63) is 33.9 Å². The third kappa shape index (κ3) is 4.88. The number of methoxy groups -OCH3 is 1. The molecule has 0 aliphatic carbocycles. The number of non-ortho nitro benzene ring substituents is 1. The van der Waals surface area contributed by atoms with E-state index in [0.717, 1.165) is 12.1 Å². The third-order valence-electron chi connectivity index (χ3n) is 2.23. The van der Waals surface area contributed by atoms with Crippen LogP contribution in [0.4, 0.5) is 11.4 Å². The molecule has 0 aliphatic heterocycles. The fourth-order valence-electron chi connectivity index (χ4n) is 1.34. The number of carbonyl (C=O) groups excluding carboxylic acids is 2. The quantitative estimate of drug-likeness (QED) is 0.461. The van der Waals surface area contributed by atoms with Crippen LogP contribution in [-0.2, 0) is 19.1 Å². The number of nitriles is 1. The minimum Gasteiger partial charge on any atom is -0.454 e. The fraction of sp³-hybridized carbons (Fsp3) is 0.250. The van der Waals surface area contributed by atoms with Gasteiger partial charge < -0.3 is 14.8 Å². The number of hydrogen-bond acceptors (Lipinski definition) is 7. The van der Waals surface area contributed by atoms with Crippen molar-refractivity contribution < 1.29 is 24.0 Å². The van der Waals surface area contributed by atoms with Crippen LogP contribution in [0.15, 0.2) is 18.2 Å². The maximum absolute atomic E-state index is 11.5. The van der Waals surface area contributed by atoms with Crippen LogP contribution < -0.4 is 5.32 Å². The van der Waals surface area contributed by atoms with Gasteiger partial charge in [-0.25, -0.2) is 4.79 Å². The Kier molecular flexibility index (Phi) is 5.79. The molecule has 0 saturated heterocycles.